The van der Waals surface area contributed by atoms with Crippen LogP contribution >= 0.6 is 11.6 Å². The van der Waals surface area contributed by atoms with Gasteiger partial charge in [-0.25, -0.2) is 14.2 Å². The summed E-state index contributed by atoms with van der Waals surface area (Å²) in [5.41, 5.74) is 0.210. The molecule has 0 spiro atoms. The van der Waals surface area contributed by atoms with E-state index in [9.17, 15) is 9.18 Å². The molecule has 2 aromatic rings. The Kier molecular flexibility index (Phi) is 3.66. The van der Waals surface area contributed by atoms with Crippen molar-refractivity contribution in [3.63, 3.8) is 0 Å². The van der Waals surface area contributed by atoms with Crippen molar-refractivity contribution in [1.29, 1.82) is 0 Å². The number of nitrogens with zero attached hydrogens (tertiary/aromatic N) is 1. The van der Waals surface area contributed by atoms with Gasteiger partial charge >= 0.3 is 5.97 Å². The largest absolute Gasteiger partial charge is 0.479 e. The molecule has 0 saturated heterocycles. The minimum atomic E-state index is -1.16. The van der Waals surface area contributed by atoms with E-state index in [4.69, 9.17) is 21.4 Å². The van der Waals surface area contributed by atoms with Crippen LogP contribution in [-0.4, -0.2) is 23.2 Å². The van der Waals surface area contributed by atoms with E-state index in [-0.39, 0.29) is 22.6 Å². The normalized spacial score (nSPS) is 10.3. The predicted molar refractivity (Wildman–Crippen MR) is 68.2 cm³/mol. The second-order valence-corrected chi connectivity index (χ2v) is 4.11. The lowest BCUT2D eigenvalue weighted by molar-refractivity contribution is 0.0697. The fourth-order valence-electron chi connectivity index (χ4n) is 1.70. The lowest BCUT2D eigenvalue weighted by atomic mass is 10.00. The Morgan fingerprint density at radius 1 is 1.37 bits per heavy atom. The number of rotatable bonds is 3. The summed E-state index contributed by atoms with van der Waals surface area (Å²) in [6, 6.07) is 5.52. The van der Waals surface area contributed by atoms with Crippen LogP contribution in [0.15, 0.2) is 30.5 Å². The van der Waals surface area contributed by atoms with Gasteiger partial charge in [0.05, 0.1) is 12.7 Å². The van der Waals surface area contributed by atoms with Crippen LogP contribution in [0.1, 0.15) is 10.4 Å². The van der Waals surface area contributed by atoms with Crippen LogP contribution in [0, 0.1) is 5.82 Å². The summed E-state index contributed by atoms with van der Waals surface area (Å²) in [7, 11) is 1.28. The molecule has 98 valence electrons. The molecule has 19 heavy (non-hydrogen) atoms. The molecule has 0 aliphatic heterocycles. The molecule has 1 N–H and O–H groups in total. The molecule has 1 aromatic heterocycles. The molecule has 0 aliphatic carbocycles. The zero-order valence-electron chi connectivity index (χ0n) is 9.85. The third-order valence-electron chi connectivity index (χ3n) is 2.55. The van der Waals surface area contributed by atoms with Gasteiger partial charge in [-0.3, -0.25) is 0 Å². The standard InChI is InChI=1S/C13H9ClFNO3/c1-19-12-11(15)8(4-5-16-12)10-6-7(14)2-3-9(10)13(17)18/h2-6H,1H3,(H,17,18). The summed E-state index contributed by atoms with van der Waals surface area (Å²) in [6.45, 7) is 0. The van der Waals surface area contributed by atoms with Crippen LogP contribution in [0.4, 0.5) is 4.39 Å². The predicted octanol–water partition coefficient (Wildman–Crippen LogP) is 3.25. The highest BCUT2D eigenvalue weighted by Gasteiger charge is 2.18. The molecule has 0 aliphatic rings. The first kappa shape index (κ1) is 13.3. The van der Waals surface area contributed by atoms with Gasteiger partial charge < -0.3 is 9.84 Å². The van der Waals surface area contributed by atoms with Crippen molar-refractivity contribution < 1.29 is 19.0 Å². The zero-order valence-corrected chi connectivity index (χ0v) is 10.6. The Bertz CT molecular complexity index is 646. The van der Waals surface area contributed by atoms with E-state index in [0.29, 0.717) is 5.02 Å². The molecule has 0 atom stereocenters. The van der Waals surface area contributed by atoms with Gasteiger partial charge in [0.15, 0.2) is 5.82 Å². The molecule has 0 amide bonds. The van der Waals surface area contributed by atoms with E-state index in [0.717, 1.165) is 0 Å². The van der Waals surface area contributed by atoms with Crippen LogP contribution in [-0.2, 0) is 0 Å². The number of hydrogen-bond donors (Lipinski definition) is 1. The van der Waals surface area contributed by atoms with Gasteiger partial charge in [-0.05, 0) is 24.3 Å². The van der Waals surface area contributed by atoms with Gasteiger partial charge in [-0.15, -0.1) is 0 Å². The van der Waals surface area contributed by atoms with E-state index < -0.39 is 11.8 Å². The third kappa shape index (κ3) is 2.51. The average Bonchev–Trinajstić information content (AvgIpc) is 2.38. The highest BCUT2D eigenvalue weighted by Crippen LogP contribution is 2.31. The minimum absolute atomic E-state index is 0.0449. The van der Waals surface area contributed by atoms with Gasteiger partial charge in [0, 0.05) is 22.3 Å². The van der Waals surface area contributed by atoms with Crippen molar-refractivity contribution in [3.8, 4) is 17.0 Å². The highest BCUT2D eigenvalue weighted by molar-refractivity contribution is 6.31. The average molecular weight is 282 g/mol. The van der Waals surface area contributed by atoms with Crippen LogP contribution in [0.3, 0.4) is 0 Å². The number of carboxylic acid groups (broad SMARTS) is 1. The summed E-state index contributed by atoms with van der Waals surface area (Å²) in [5, 5.41) is 9.44. The van der Waals surface area contributed by atoms with Crippen LogP contribution < -0.4 is 4.74 Å². The number of benzene rings is 1. The van der Waals surface area contributed by atoms with E-state index in [1.54, 1.807) is 0 Å². The number of carbonyl (C=O) groups is 1. The molecule has 0 bridgehead atoms. The molecule has 1 heterocycles. The summed E-state index contributed by atoms with van der Waals surface area (Å²) >= 11 is 5.84. The van der Waals surface area contributed by atoms with Gasteiger partial charge in [0.1, 0.15) is 0 Å². The Hall–Kier alpha value is -2.14. The van der Waals surface area contributed by atoms with Crippen molar-refractivity contribution in [2.24, 2.45) is 0 Å². The summed E-state index contributed by atoms with van der Waals surface area (Å²) in [5.74, 6) is -2.09. The number of aromatic carboxylic acids is 1. The summed E-state index contributed by atoms with van der Waals surface area (Å²) < 4.78 is 18.9. The number of carboxylic acids is 1. The first-order valence-electron chi connectivity index (χ1n) is 5.26. The lowest BCUT2D eigenvalue weighted by Gasteiger charge is -2.09. The quantitative estimate of drug-likeness (QED) is 0.938. The van der Waals surface area contributed by atoms with E-state index >= 15 is 0 Å². The first-order valence-corrected chi connectivity index (χ1v) is 5.64. The monoisotopic (exact) mass is 281 g/mol. The highest BCUT2D eigenvalue weighted by atomic mass is 35.5. The Labute approximate surface area is 113 Å². The number of methoxy groups -OCH3 is 1. The van der Waals surface area contributed by atoms with Crippen LogP contribution in [0.2, 0.25) is 5.02 Å². The molecule has 0 radical (unpaired) electrons. The molecule has 0 fully saturated rings. The minimum Gasteiger partial charge on any atom is -0.479 e. The van der Waals surface area contributed by atoms with Crippen molar-refractivity contribution in [3.05, 3.63) is 46.9 Å². The molecular formula is C13H9ClFNO3. The maximum absolute atomic E-state index is 14.1. The Balaban J connectivity index is 2.71. The van der Waals surface area contributed by atoms with Crippen molar-refractivity contribution in [2.45, 2.75) is 0 Å². The molecule has 0 unspecified atom stereocenters. The first-order chi connectivity index (χ1) is 9.04. The molecule has 2 rings (SSSR count). The lowest BCUT2D eigenvalue weighted by Crippen LogP contribution is -2.02. The van der Waals surface area contributed by atoms with E-state index in [1.165, 1.54) is 37.6 Å². The number of ether oxygens (including phenoxy) is 1. The smallest absolute Gasteiger partial charge is 0.336 e. The van der Waals surface area contributed by atoms with Crippen molar-refractivity contribution in [1.82, 2.24) is 4.98 Å². The van der Waals surface area contributed by atoms with Gasteiger partial charge in [0.25, 0.3) is 5.88 Å². The van der Waals surface area contributed by atoms with E-state index in [2.05, 4.69) is 4.98 Å². The zero-order chi connectivity index (χ0) is 14.0. The number of pyridine rings is 1. The Morgan fingerprint density at radius 2 is 2.11 bits per heavy atom. The molecule has 0 saturated carbocycles. The molecular weight excluding hydrogens is 273 g/mol. The maximum Gasteiger partial charge on any atom is 0.336 e. The Morgan fingerprint density at radius 3 is 2.74 bits per heavy atom. The number of aromatic nitrogens is 1. The second-order valence-electron chi connectivity index (χ2n) is 3.68. The number of hydrogen-bond acceptors (Lipinski definition) is 3. The van der Waals surface area contributed by atoms with Crippen molar-refractivity contribution >= 4 is 17.6 Å². The van der Waals surface area contributed by atoms with Crippen LogP contribution in [0.25, 0.3) is 11.1 Å². The topological polar surface area (TPSA) is 59.4 Å². The SMILES string of the molecule is COc1nccc(-c2cc(Cl)ccc2C(=O)O)c1F. The van der Waals surface area contributed by atoms with Gasteiger partial charge in [-0.1, -0.05) is 11.6 Å². The fourth-order valence-corrected chi connectivity index (χ4v) is 1.87. The summed E-state index contributed by atoms with van der Waals surface area (Å²) in [4.78, 5) is 14.9. The second kappa shape index (κ2) is 5.24. The molecule has 6 heteroatoms. The number of halogens is 2. The van der Waals surface area contributed by atoms with Crippen molar-refractivity contribution in [2.75, 3.05) is 7.11 Å². The maximum atomic E-state index is 14.1. The van der Waals surface area contributed by atoms with Gasteiger partial charge in [-0.2, -0.15) is 0 Å². The van der Waals surface area contributed by atoms with Crippen LogP contribution in [0.5, 0.6) is 5.88 Å². The third-order valence-corrected chi connectivity index (χ3v) is 2.79. The molecule has 4 nitrogen and oxygen atoms in total. The van der Waals surface area contributed by atoms with Gasteiger partial charge in [0.2, 0.25) is 0 Å². The van der Waals surface area contributed by atoms with E-state index in [1.807, 2.05) is 0 Å². The summed E-state index contributed by atoms with van der Waals surface area (Å²) in [6.07, 6.45) is 1.34. The molecule has 1 aromatic carbocycles. The fraction of sp³-hybridized carbons (Fsp3) is 0.0769.